The number of phenolic OH excluding ortho intramolecular Hbond substituents is 1. The minimum atomic E-state index is -0.698. The molecule has 0 fully saturated rings. The maximum absolute atomic E-state index is 11.9. The quantitative estimate of drug-likeness (QED) is 0.657. The molecule has 1 aromatic carbocycles. The number of amides is 2. The van der Waals surface area contributed by atoms with E-state index in [1.165, 1.54) is 19.1 Å². The normalized spacial score (nSPS) is 11.2. The first-order chi connectivity index (χ1) is 9.52. The van der Waals surface area contributed by atoms with Crippen molar-refractivity contribution in [2.45, 2.75) is 25.8 Å². The van der Waals surface area contributed by atoms with Crippen molar-refractivity contribution in [1.29, 1.82) is 5.26 Å². The van der Waals surface area contributed by atoms with Crippen molar-refractivity contribution in [3.63, 3.8) is 0 Å². The molecular weight excluding hydrogens is 258 g/mol. The molecule has 106 valence electrons. The minimum Gasteiger partial charge on any atom is -0.508 e. The van der Waals surface area contributed by atoms with Crippen molar-refractivity contribution in [2.75, 3.05) is 6.54 Å². The number of aromatic hydroxyl groups is 1. The fraction of sp³-hybridized carbons (Fsp3) is 0.357. The van der Waals surface area contributed by atoms with Crippen molar-refractivity contribution in [1.82, 2.24) is 10.6 Å². The lowest BCUT2D eigenvalue weighted by molar-refractivity contribution is -0.128. The Hall–Kier alpha value is -2.55. The smallest absolute Gasteiger partial charge is 0.242 e. The molecule has 0 saturated heterocycles. The van der Waals surface area contributed by atoms with E-state index in [0.717, 1.165) is 5.56 Å². The first kappa shape index (κ1) is 15.5. The molecule has 0 aliphatic rings. The molecule has 1 rings (SSSR count). The number of rotatable bonds is 6. The molecule has 0 bridgehead atoms. The van der Waals surface area contributed by atoms with Crippen molar-refractivity contribution in [3.05, 3.63) is 29.8 Å². The number of hydrogen-bond donors (Lipinski definition) is 3. The van der Waals surface area contributed by atoms with Crippen LogP contribution in [0.5, 0.6) is 5.75 Å². The van der Waals surface area contributed by atoms with Crippen LogP contribution < -0.4 is 10.6 Å². The highest BCUT2D eigenvalue weighted by Gasteiger charge is 2.19. The molecule has 20 heavy (non-hydrogen) atoms. The highest BCUT2D eigenvalue weighted by Crippen LogP contribution is 2.11. The Bertz CT molecular complexity index is 505. The third-order valence-corrected chi connectivity index (χ3v) is 2.61. The summed E-state index contributed by atoms with van der Waals surface area (Å²) in [4.78, 5) is 23.1. The summed E-state index contributed by atoms with van der Waals surface area (Å²) in [5, 5.41) is 22.8. The van der Waals surface area contributed by atoms with E-state index in [0.29, 0.717) is 6.42 Å². The van der Waals surface area contributed by atoms with Gasteiger partial charge in [0.1, 0.15) is 11.8 Å². The number of hydrogen-bond acceptors (Lipinski definition) is 4. The van der Waals surface area contributed by atoms with Crippen LogP contribution >= 0.6 is 0 Å². The summed E-state index contributed by atoms with van der Waals surface area (Å²) >= 11 is 0. The Morgan fingerprint density at radius 2 is 2.00 bits per heavy atom. The van der Waals surface area contributed by atoms with E-state index in [-0.39, 0.29) is 30.5 Å². The summed E-state index contributed by atoms with van der Waals surface area (Å²) < 4.78 is 0. The number of benzene rings is 1. The molecule has 6 nitrogen and oxygen atoms in total. The Kier molecular flexibility index (Phi) is 6.04. The fourth-order valence-corrected chi connectivity index (χ4v) is 1.69. The van der Waals surface area contributed by atoms with Gasteiger partial charge in [-0.3, -0.25) is 9.59 Å². The highest BCUT2D eigenvalue weighted by atomic mass is 16.3. The van der Waals surface area contributed by atoms with Gasteiger partial charge in [-0.15, -0.1) is 0 Å². The van der Waals surface area contributed by atoms with Crippen molar-refractivity contribution >= 4 is 11.8 Å². The van der Waals surface area contributed by atoms with Gasteiger partial charge in [0.05, 0.1) is 12.5 Å². The third kappa shape index (κ3) is 5.40. The molecule has 0 aromatic heterocycles. The summed E-state index contributed by atoms with van der Waals surface area (Å²) in [6.45, 7) is 1.59. The standard InChI is InChI=1S/C14H17N3O3/c1-10(18)17-13(14(20)16-8-2-7-15)9-11-3-5-12(19)6-4-11/h3-6,13,19H,2,8-9H2,1H3,(H,16,20)(H,17,18). The minimum absolute atomic E-state index is 0.142. The molecular formula is C14H17N3O3. The van der Waals surface area contributed by atoms with E-state index >= 15 is 0 Å². The average molecular weight is 275 g/mol. The van der Waals surface area contributed by atoms with Crippen LogP contribution in [0.1, 0.15) is 18.9 Å². The van der Waals surface area contributed by atoms with Crippen LogP contribution in [0.15, 0.2) is 24.3 Å². The van der Waals surface area contributed by atoms with Gasteiger partial charge in [-0.05, 0) is 17.7 Å². The van der Waals surface area contributed by atoms with Crippen molar-refractivity contribution in [3.8, 4) is 11.8 Å². The van der Waals surface area contributed by atoms with Gasteiger partial charge >= 0.3 is 0 Å². The van der Waals surface area contributed by atoms with Gasteiger partial charge in [-0.25, -0.2) is 0 Å². The lowest BCUT2D eigenvalue weighted by Crippen LogP contribution is -2.47. The molecule has 0 spiro atoms. The zero-order chi connectivity index (χ0) is 15.0. The van der Waals surface area contributed by atoms with E-state index in [4.69, 9.17) is 5.26 Å². The van der Waals surface area contributed by atoms with E-state index < -0.39 is 6.04 Å². The molecule has 0 aliphatic heterocycles. The Morgan fingerprint density at radius 1 is 1.35 bits per heavy atom. The largest absolute Gasteiger partial charge is 0.508 e. The summed E-state index contributed by atoms with van der Waals surface area (Å²) in [6.07, 6.45) is 0.538. The first-order valence-corrected chi connectivity index (χ1v) is 6.22. The van der Waals surface area contributed by atoms with Crippen molar-refractivity contribution in [2.24, 2.45) is 0 Å². The Labute approximate surface area is 117 Å². The second-order valence-electron chi connectivity index (χ2n) is 4.32. The van der Waals surface area contributed by atoms with E-state index in [1.807, 2.05) is 6.07 Å². The number of nitrogens with zero attached hydrogens (tertiary/aromatic N) is 1. The van der Waals surface area contributed by atoms with E-state index in [2.05, 4.69) is 10.6 Å². The molecule has 2 amide bonds. The molecule has 0 aliphatic carbocycles. The first-order valence-electron chi connectivity index (χ1n) is 6.22. The van der Waals surface area contributed by atoms with Gasteiger partial charge in [0, 0.05) is 19.9 Å². The lowest BCUT2D eigenvalue weighted by Gasteiger charge is -2.17. The van der Waals surface area contributed by atoms with Gasteiger partial charge in [0.15, 0.2) is 0 Å². The second kappa shape index (κ2) is 7.79. The zero-order valence-electron chi connectivity index (χ0n) is 11.2. The van der Waals surface area contributed by atoms with Crippen LogP contribution in [0, 0.1) is 11.3 Å². The van der Waals surface area contributed by atoms with E-state index in [1.54, 1.807) is 12.1 Å². The number of carbonyl (C=O) groups is 2. The van der Waals surface area contributed by atoms with Crippen LogP contribution in [0.3, 0.4) is 0 Å². The number of nitriles is 1. The molecule has 0 radical (unpaired) electrons. The molecule has 1 unspecified atom stereocenters. The SMILES string of the molecule is CC(=O)NC(Cc1ccc(O)cc1)C(=O)NCCC#N. The topological polar surface area (TPSA) is 102 Å². The van der Waals surface area contributed by atoms with Gasteiger partial charge < -0.3 is 15.7 Å². The Balaban J connectivity index is 2.68. The number of carbonyl (C=O) groups excluding carboxylic acids is 2. The zero-order valence-corrected chi connectivity index (χ0v) is 11.2. The predicted octanol–water partition coefficient (Wildman–Crippen LogP) is 0.469. The molecule has 1 aromatic rings. The van der Waals surface area contributed by atoms with Gasteiger partial charge in [-0.2, -0.15) is 5.26 Å². The maximum atomic E-state index is 11.9. The monoisotopic (exact) mass is 275 g/mol. The lowest BCUT2D eigenvalue weighted by atomic mass is 10.0. The highest BCUT2D eigenvalue weighted by molar-refractivity contribution is 5.87. The van der Waals surface area contributed by atoms with Crippen molar-refractivity contribution < 1.29 is 14.7 Å². The molecule has 0 saturated carbocycles. The Morgan fingerprint density at radius 3 is 2.55 bits per heavy atom. The summed E-state index contributed by atoms with van der Waals surface area (Å²) in [7, 11) is 0. The molecule has 6 heteroatoms. The molecule has 3 N–H and O–H groups in total. The van der Waals surface area contributed by atoms with Gasteiger partial charge in [-0.1, -0.05) is 12.1 Å². The van der Waals surface area contributed by atoms with E-state index in [9.17, 15) is 14.7 Å². The second-order valence-corrected chi connectivity index (χ2v) is 4.32. The summed E-state index contributed by atoms with van der Waals surface area (Å²) in [5.41, 5.74) is 0.817. The van der Waals surface area contributed by atoms with Crippen LogP contribution in [0.25, 0.3) is 0 Å². The third-order valence-electron chi connectivity index (χ3n) is 2.61. The number of phenols is 1. The molecule has 1 atom stereocenters. The maximum Gasteiger partial charge on any atom is 0.242 e. The van der Waals surface area contributed by atoms with Crippen LogP contribution in [-0.2, 0) is 16.0 Å². The predicted molar refractivity (Wildman–Crippen MR) is 72.7 cm³/mol. The van der Waals surface area contributed by atoms with Crippen LogP contribution in [0.4, 0.5) is 0 Å². The summed E-state index contributed by atoms with van der Waals surface area (Å²) in [6, 6.07) is 7.65. The number of nitrogens with one attached hydrogen (secondary N) is 2. The van der Waals surface area contributed by atoms with Gasteiger partial charge in [0.25, 0.3) is 0 Å². The fourth-order valence-electron chi connectivity index (χ4n) is 1.69. The summed E-state index contributed by atoms with van der Waals surface area (Å²) in [5.74, 6) is -0.490. The average Bonchev–Trinajstić information content (AvgIpc) is 2.40. The molecule has 0 heterocycles. The van der Waals surface area contributed by atoms with Crippen LogP contribution in [0.2, 0.25) is 0 Å². The van der Waals surface area contributed by atoms with Crippen LogP contribution in [-0.4, -0.2) is 29.5 Å². The van der Waals surface area contributed by atoms with Gasteiger partial charge in [0.2, 0.25) is 11.8 Å².